The SMILES string of the molecule is Cc1ccc(OCC(=O)C(C#N)c2nc3ccccc3n2C)cc1C. The van der Waals surface area contributed by atoms with Crippen molar-refractivity contribution < 1.29 is 9.53 Å². The molecule has 0 aliphatic heterocycles. The van der Waals surface area contributed by atoms with E-state index in [4.69, 9.17) is 4.74 Å². The number of Topliss-reactive ketones (excluding diaryl/α,β-unsaturated/α-hetero) is 1. The number of ketones is 1. The number of benzene rings is 2. The van der Waals surface area contributed by atoms with Crippen molar-refractivity contribution in [3.8, 4) is 11.8 Å². The number of carbonyl (C=O) groups excluding carboxylic acids is 1. The van der Waals surface area contributed by atoms with Gasteiger partial charge in [-0.15, -0.1) is 0 Å². The fourth-order valence-corrected chi connectivity index (χ4v) is 2.74. The third kappa shape index (κ3) is 3.24. The van der Waals surface area contributed by atoms with Crippen LogP contribution in [0.5, 0.6) is 5.75 Å². The highest BCUT2D eigenvalue weighted by atomic mass is 16.5. The van der Waals surface area contributed by atoms with Crippen molar-refractivity contribution >= 4 is 16.8 Å². The van der Waals surface area contributed by atoms with E-state index in [0.717, 1.165) is 22.2 Å². The van der Waals surface area contributed by atoms with Gasteiger partial charge in [-0.2, -0.15) is 5.26 Å². The molecule has 1 heterocycles. The average Bonchev–Trinajstić information content (AvgIpc) is 2.94. The van der Waals surface area contributed by atoms with Crippen molar-refractivity contribution in [3.05, 3.63) is 59.4 Å². The van der Waals surface area contributed by atoms with E-state index >= 15 is 0 Å². The van der Waals surface area contributed by atoms with E-state index in [0.29, 0.717) is 11.6 Å². The molecule has 0 spiro atoms. The molecule has 0 aliphatic carbocycles. The van der Waals surface area contributed by atoms with Gasteiger partial charge in [0, 0.05) is 7.05 Å². The van der Waals surface area contributed by atoms with E-state index in [2.05, 4.69) is 11.1 Å². The van der Waals surface area contributed by atoms with Crippen molar-refractivity contribution in [2.45, 2.75) is 19.8 Å². The molecule has 0 fully saturated rings. The molecule has 126 valence electrons. The molecule has 0 amide bonds. The zero-order valence-electron chi connectivity index (χ0n) is 14.5. The minimum Gasteiger partial charge on any atom is -0.486 e. The van der Waals surface area contributed by atoms with Crippen LogP contribution in [0, 0.1) is 25.2 Å². The van der Waals surface area contributed by atoms with Crippen LogP contribution >= 0.6 is 0 Å². The Labute approximate surface area is 146 Å². The molecule has 1 atom stereocenters. The number of ether oxygens (including phenoxy) is 1. The predicted octanol–water partition coefficient (Wildman–Crippen LogP) is 3.45. The molecular weight excluding hydrogens is 314 g/mol. The lowest BCUT2D eigenvalue weighted by atomic mass is 10.1. The predicted molar refractivity (Wildman–Crippen MR) is 95.5 cm³/mol. The highest BCUT2D eigenvalue weighted by Gasteiger charge is 2.26. The summed E-state index contributed by atoms with van der Waals surface area (Å²) in [7, 11) is 1.81. The smallest absolute Gasteiger partial charge is 0.194 e. The first-order chi connectivity index (χ1) is 12.0. The lowest BCUT2D eigenvalue weighted by Crippen LogP contribution is -2.21. The van der Waals surface area contributed by atoms with Gasteiger partial charge in [0.15, 0.2) is 11.7 Å². The van der Waals surface area contributed by atoms with Crippen molar-refractivity contribution in [1.29, 1.82) is 5.26 Å². The van der Waals surface area contributed by atoms with Gasteiger partial charge in [0.05, 0.1) is 17.1 Å². The van der Waals surface area contributed by atoms with E-state index in [-0.39, 0.29) is 12.4 Å². The molecule has 1 unspecified atom stereocenters. The molecule has 5 nitrogen and oxygen atoms in total. The summed E-state index contributed by atoms with van der Waals surface area (Å²) in [5, 5.41) is 9.50. The van der Waals surface area contributed by atoms with Crippen molar-refractivity contribution in [1.82, 2.24) is 9.55 Å². The summed E-state index contributed by atoms with van der Waals surface area (Å²) >= 11 is 0. The van der Waals surface area contributed by atoms with Gasteiger partial charge in [-0.25, -0.2) is 4.98 Å². The van der Waals surface area contributed by atoms with Crippen LogP contribution in [0.1, 0.15) is 22.9 Å². The highest BCUT2D eigenvalue weighted by molar-refractivity contribution is 5.90. The number of aryl methyl sites for hydroxylation is 3. The first-order valence-corrected chi connectivity index (χ1v) is 8.05. The van der Waals surface area contributed by atoms with Crippen molar-refractivity contribution in [2.75, 3.05) is 6.61 Å². The molecule has 0 aliphatic rings. The van der Waals surface area contributed by atoms with Gasteiger partial charge in [0.2, 0.25) is 0 Å². The normalized spacial score (nSPS) is 11.9. The highest BCUT2D eigenvalue weighted by Crippen LogP contribution is 2.22. The van der Waals surface area contributed by atoms with Gasteiger partial charge in [0.1, 0.15) is 18.2 Å². The number of imidazole rings is 1. The number of hydrogen-bond donors (Lipinski definition) is 0. The van der Waals surface area contributed by atoms with Crippen LogP contribution in [-0.4, -0.2) is 21.9 Å². The van der Waals surface area contributed by atoms with Gasteiger partial charge in [-0.05, 0) is 49.2 Å². The summed E-state index contributed by atoms with van der Waals surface area (Å²) in [6, 6.07) is 15.3. The third-order valence-corrected chi connectivity index (χ3v) is 4.39. The zero-order chi connectivity index (χ0) is 18.0. The van der Waals surface area contributed by atoms with Crippen LogP contribution in [0.25, 0.3) is 11.0 Å². The largest absolute Gasteiger partial charge is 0.486 e. The molecule has 0 saturated carbocycles. The number of fused-ring (bicyclic) bond motifs is 1. The maximum Gasteiger partial charge on any atom is 0.194 e. The van der Waals surface area contributed by atoms with Crippen LogP contribution in [-0.2, 0) is 11.8 Å². The molecule has 3 rings (SSSR count). The van der Waals surface area contributed by atoms with Crippen LogP contribution in [0.3, 0.4) is 0 Å². The Morgan fingerprint density at radius 1 is 1.24 bits per heavy atom. The number of nitriles is 1. The second-order valence-electron chi connectivity index (χ2n) is 6.08. The number of aromatic nitrogens is 2. The monoisotopic (exact) mass is 333 g/mol. The number of para-hydroxylation sites is 2. The number of hydrogen-bond acceptors (Lipinski definition) is 4. The lowest BCUT2D eigenvalue weighted by Gasteiger charge is -2.11. The van der Waals surface area contributed by atoms with Crippen LogP contribution in [0.15, 0.2) is 42.5 Å². The first kappa shape index (κ1) is 16.7. The molecule has 0 bridgehead atoms. The van der Waals surface area contributed by atoms with Crippen LogP contribution < -0.4 is 4.74 Å². The van der Waals surface area contributed by atoms with E-state index in [1.54, 1.807) is 4.57 Å². The zero-order valence-corrected chi connectivity index (χ0v) is 14.5. The minimum atomic E-state index is -0.955. The van der Waals surface area contributed by atoms with Gasteiger partial charge < -0.3 is 9.30 Å². The summed E-state index contributed by atoms with van der Waals surface area (Å²) < 4.78 is 7.37. The summed E-state index contributed by atoms with van der Waals surface area (Å²) in [6.45, 7) is 3.84. The molecule has 3 aromatic rings. The molecule has 1 aromatic heterocycles. The van der Waals surface area contributed by atoms with Crippen molar-refractivity contribution in [2.24, 2.45) is 7.05 Å². The summed E-state index contributed by atoms with van der Waals surface area (Å²) in [5.74, 6) is -0.196. The number of nitrogens with zero attached hydrogens (tertiary/aromatic N) is 3. The molecule has 2 aromatic carbocycles. The van der Waals surface area contributed by atoms with Crippen LogP contribution in [0.4, 0.5) is 0 Å². The van der Waals surface area contributed by atoms with Crippen molar-refractivity contribution in [3.63, 3.8) is 0 Å². The topological polar surface area (TPSA) is 67.9 Å². The van der Waals surface area contributed by atoms with E-state index in [9.17, 15) is 10.1 Å². The van der Waals surface area contributed by atoms with Gasteiger partial charge in [-0.1, -0.05) is 18.2 Å². The van der Waals surface area contributed by atoms with Gasteiger partial charge in [-0.3, -0.25) is 4.79 Å². The Kier molecular flexibility index (Phi) is 4.53. The van der Waals surface area contributed by atoms with E-state index in [1.807, 2.05) is 63.4 Å². The second-order valence-corrected chi connectivity index (χ2v) is 6.08. The second kappa shape index (κ2) is 6.78. The maximum absolute atomic E-state index is 12.5. The molecule has 0 N–H and O–H groups in total. The van der Waals surface area contributed by atoms with E-state index < -0.39 is 5.92 Å². The van der Waals surface area contributed by atoms with Crippen LogP contribution in [0.2, 0.25) is 0 Å². The molecule has 0 saturated heterocycles. The maximum atomic E-state index is 12.5. The summed E-state index contributed by atoms with van der Waals surface area (Å²) in [4.78, 5) is 17.0. The minimum absolute atomic E-state index is 0.163. The number of rotatable bonds is 5. The fourth-order valence-electron chi connectivity index (χ4n) is 2.74. The number of carbonyl (C=O) groups is 1. The summed E-state index contributed by atoms with van der Waals surface area (Å²) in [6.07, 6.45) is 0. The Morgan fingerprint density at radius 3 is 2.68 bits per heavy atom. The molecular formula is C20H19N3O2. The Morgan fingerprint density at radius 2 is 2.00 bits per heavy atom. The van der Waals surface area contributed by atoms with Gasteiger partial charge >= 0.3 is 0 Å². The Bertz CT molecular complexity index is 982. The Hall–Kier alpha value is -3.13. The fraction of sp³-hybridized carbons (Fsp3) is 0.250. The molecule has 0 radical (unpaired) electrons. The first-order valence-electron chi connectivity index (χ1n) is 8.05. The molecule has 25 heavy (non-hydrogen) atoms. The van der Waals surface area contributed by atoms with E-state index in [1.165, 1.54) is 0 Å². The average molecular weight is 333 g/mol. The Balaban J connectivity index is 1.80. The summed E-state index contributed by atoms with van der Waals surface area (Å²) in [5.41, 5.74) is 3.91. The van der Waals surface area contributed by atoms with Gasteiger partial charge in [0.25, 0.3) is 0 Å². The quantitative estimate of drug-likeness (QED) is 0.717. The standard InChI is InChI=1S/C20H19N3O2/c1-13-8-9-15(10-14(13)2)25-12-19(24)16(11-21)20-22-17-6-4-5-7-18(17)23(20)3/h4-10,16H,12H2,1-3H3. The lowest BCUT2D eigenvalue weighted by molar-refractivity contribution is -0.121. The third-order valence-electron chi connectivity index (χ3n) is 4.39. The molecule has 5 heteroatoms.